The first-order valence-electron chi connectivity index (χ1n) is 14.6. The third kappa shape index (κ3) is 5.58. The van der Waals surface area contributed by atoms with Crippen LogP contribution in [0.5, 0.6) is 5.75 Å². The van der Waals surface area contributed by atoms with Crippen molar-refractivity contribution in [3.05, 3.63) is 62.5 Å². The van der Waals surface area contributed by atoms with Gasteiger partial charge in [0, 0.05) is 45.2 Å². The Morgan fingerprint density at radius 1 is 1.16 bits per heavy atom. The molecule has 2 aliphatic heterocycles. The van der Waals surface area contributed by atoms with Gasteiger partial charge in [-0.15, -0.1) is 10.2 Å². The van der Waals surface area contributed by atoms with Crippen LogP contribution in [0.1, 0.15) is 53.2 Å². The summed E-state index contributed by atoms with van der Waals surface area (Å²) in [5.74, 6) is -3.04. The maximum atomic E-state index is 14.2. The van der Waals surface area contributed by atoms with Crippen molar-refractivity contribution >= 4 is 33.0 Å². The van der Waals surface area contributed by atoms with Crippen LogP contribution in [-0.4, -0.2) is 82.9 Å². The summed E-state index contributed by atoms with van der Waals surface area (Å²) in [7, 11) is 0.308. The lowest BCUT2D eigenvalue weighted by Crippen LogP contribution is -2.69. The van der Waals surface area contributed by atoms with Crippen LogP contribution >= 0.6 is 11.3 Å². The molecule has 0 bridgehead atoms. The Morgan fingerprint density at radius 2 is 1.89 bits per heavy atom. The van der Waals surface area contributed by atoms with Gasteiger partial charge in [0.1, 0.15) is 22.3 Å². The molecule has 1 spiro atoms. The minimum absolute atomic E-state index is 0.000854. The van der Waals surface area contributed by atoms with Crippen molar-refractivity contribution < 1.29 is 31.9 Å². The number of halogens is 2. The molecule has 4 heterocycles. The summed E-state index contributed by atoms with van der Waals surface area (Å²) in [5, 5.41) is 24.3. The molecule has 0 radical (unpaired) electrons. The first-order chi connectivity index (χ1) is 21.3. The van der Waals surface area contributed by atoms with E-state index in [1.807, 2.05) is 0 Å². The van der Waals surface area contributed by atoms with Crippen LogP contribution < -0.4 is 15.8 Å². The van der Waals surface area contributed by atoms with Crippen molar-refractivity contribution in [2.24, 2.45) is 11.8 Å². The molecule has 2 aromatic heterocycles. The Balaban J connectivity index is 1.22. The summed E-state index contributed by atoms with van der Waals surface area (Å²) < 4.78 is 52.5. The van der Waals surface area contributed by atoms with E-state index in [9.17, 15) is 36.7 Å². The number of carbonyl (C=O) groups excluding carboxylic acids is 2. The number of aromatic hydroxyl groups is 1. The topological polar surface area (TPSA) is 155 Å². The van der Waals surface area contributed by atoms with E-state index < -0.39 is 44.2 Å². The highest BCUT2D eigenvalue weighted by Crippen LogP contribution is 2.42. The molecular formula is C29H32F2N6O6S2. The lowest BCUT2D eigenvalue weighted by atomic mass is 9.79. The molecule has 1 unspecified atom stereocenters. The molecule has 1 saturated heterocycles. The van der Waals surface area contributed by atoms with Crippen molar-refractivity contribution in [2.45, 2.75) is 44.2 Å². The first kappa shape index (κ1) is 31.1. The number of aromatic nitrogens is 3. The number of nitrogens with one attached hydrogen (secondary N) is 1. The van der Waals surface area contributed by atoms with Gasteiger partial charge in [-0.3, -0.25) is 24.1 Å². The predicted molar refractivity (Wildman–Crippen MR) is 161 cm³/mol. The summed E-state index contributed by atoms with van der Waals surface area (Å²) in [4.78, 5) is 41.3. The van der Waals surface area contributed by atoms with Crippen molar-refractivity contribution in [3.8, 4) is 16.3 Å². The second-order valence-electron chi connectivity index (χ2n) is 12.0. The van der Waals surface area contributed by atoms with Gasteiger partial charge in [-0.25, -0.2) is 17.2 Å². The molecule has 1 saturated carbocycles. The molecule has 16 heteroatoms. The lowest BCUT2D eigenvalue weighted by Gasteiger charge is -2.55. The minimum Gasteiger partial charge on any atom is -0.502 e. The number of fused-ring (bicyclic) bond motifs is 1. The Bertz CT molecular complexity index is 1850. The van der Waals surface area contributed by atoms with E-state index >= 15 is 0 Å². The number of amides is 2. The van der Waals surface area contributed by atoms with Crippen molar-refractivity contribution in [3.63, 3.8) is 0 Å². The second-order valence-corrected chi connectivity index (χ2v) is 15.3. The van der Waals surface area contributed by atoms with Crippen LogP contribution in [0.15, 0.2) is 29.2 Å². The van der Waals surface area contributed by atoms with E-state index in [4.69, 9.17) is 0 Å². The Labute approximate surface area is 261 Å². The molecule has 12 nitrogen and oxygen atoms in total. The fraction of sp³-hybridized carbons (Fsp3) is 0.483. The molecule has 2 amide bonds. The van der Waals surface area contributed by atoms with Gasteiger partial charge < -0.3 is 15.3 Å². The average Bonchev–Trinajstić information content (AvgIpc) is 3.62. The summed E-state index contributed by atoms with van der Waals surface area (Å²) in [6.07, 6.45) is 3.76. The number of hydrogen-bond acceptors (Lipinski definition) is 10. The molecule has 1 aromatic carbocycles. The SMILES string of the molecule is CN1C(=O)c2c(O)c(=O)c(-c3nnc(Cc4ccc(F)cc4F)s3)cn2N(C)C12CCC(C(=O)NCC1CCS(=O)(=O)C1)CC2. The van der Waals surface area contributed by atoms with Gasteiger partial charge in [0.15, 0.2) is 26.3 Å². The third-order valence-electron chi connectivity index (χ3n) is 9.32. The van der Waals surface area contributed by atoms with E-state index in [1.165, 1.54) is 21.8 Å². The van der Waals surface area contributed by atoms with Gasteiger partial charge in [-0.05, 0) is 49.7 Å². The van der Waals surface area contributed by atoms with Gasteiger partial charge in [-0.2, -0.15) is 0 Å². The highest BCUT2D eigenvalue weighted by molar-refractivity contribution is 7.91. The third-order valence-corrected chi connectivity index (χ3v) is 12.1. The smallest absolute Gasteiger partial charge is 0.278 e. The van der Waals surface area contributed by atoms with Crippen molar-refractivity contribution in [1.82, 2.24) is 25.1 Å². The van der Waals surface area contributed by atoms with Crippen LogP contribution in [0.25, 0.3) is 10.6 Å². The highest BCUT2D eigenvalue weighted by Gasteiger charge is 2.50. The Hall–Kier alpha value is -3.92. The van der Waals surface area contributed by atoms with Crippen LogP contribution in [0.2, 0.25) is 0 Å². The number of benzene rings is 1. The molecular weight excluding hydrogens is 630 g/mol. The number of carbonyl (C=O) groups is 2. The molecule has 240 valence electrons. The van der Waals surface area contributed by atoms with Gasteiger partial charge in [0.25, 0.3) is 5.91 Å². The monoisotopic (exact) mass is 662 g/mol. The molecule has 6 rings (SSSR count). The Kier molecular flexibility index (Phi) is 7.92. The van der Waals surface area contributed by atoms with E-state index in [-0.39, 0.29) is 57.5 Å². The molecule has 45 heavy (non-hydrogen) atoms. The largest absolute Gasteiger partial charge is 0.502 e. The summed E-state index contributed by atoms with van der Waals surface area (Å²) in [5.41, 5.74) is -1.66. The van der Waals surface area contributed by atoms with Crippen LogP contribution in [0.3, 0.4) is 0 Å². The number of rotatable bonds is 6. The zero-order valence-electron chi connectivity index (χ0n) is 24.6. The minimum atomic E-state index is -3.04. The lowest BCUT2D eigenvalue weighted by molar-refractivity contribution is -0.127. The van der Waals surface area contributed by atoms with Gasteiger partial charge in [0.05, 0.1) is 17.1 Å². The molecule has 2 N–H and O–H groups in total. The van der Waals surface area contributed by atoms with Crippen molar-refractivity contribution in [2.75, 3.05) is 37.2 Å². The summed E-state index contributed by atoms with van der Waals surface area (Å²) in [6, 6.07) is 3.22. The molecule has 1 aliphatic carbocycles. The molecule has 3 aromatic rings. The summed E-state index contributed by atoms with van der Waals surface area (Å²) >= 11 is 1.02. The van der Waals surface area contributed by atoms with Crippen LogP contribution in [-0.2, 0) is 21.1 Å². The van der Waals surface area contributed by atoms with Gasteiger partial charge >= 0.3 is 0 Å². The van der Waals surface area contributed by atoms with E-state index in [1.54, 1.807) is 19.1 Å². The zero-order chi connectivity index (χ0) is 32.3. The standard InChI is InChI=1S/C29H32F2N6O6S2/c1-35-28(41)23-25(39)24(38)20(27-34-33-22(44-27)11-18-3-4-19(30)12-21(18)31)14-37(23)36(2)29(35)8-5-17(6-9-29)26(40)32-13-16-7-10-45(42,43)15-16/h3-4,12,14,16-17,39H,5-11,13,15H2,1-2H3,(H,32,40). The van der Waals surface area contributed by atoms with Gasteiger partial charge in [-0.1, -0.05) is 17.4 Å². The van der Waals surface area contributed by atoms with Crippen molar-refractivity contribution in [1.29, 1.82) is 0 Å². The number of pyridine rings is 1. The van der Waals surface area contributed by atoms with E-state index in [0.29, 0.717) is 43.7 Å². The normalized spacial score (nSPS) is 24.2. The summed E-state index contributed by atoms with van der Waals surface area (Å²) in [6.45, 7) is 0.312. The van der Waals surface area contributed by atoms with E-state index in [2.05, 4.69) is 15.5 Å². The van der Waals surface area contributed by atoms with Crippen LogP contribution in [0, 0.1) is 23.5 Å². The quantitative estimate of drug-likeness (QED) is 0.404. The Morgan fingerprint density at radius 3 is 2.56 bits per heavy atom. The highest BCUT2D eigenvalue weighted by atomic mass is 32.2. The van der Waals surface area contributed by atoms with E-state index in [0.717, 1.165) is 23.5 Å². The molecule has 3 aliphatic rings. The maximum absolute atomic E-state index is 14.2. The van der Waals surface area contributed by atoms with Crippen LogP contribution in [0.4, 0.5) is 8.78 Å². The number of sulfone groups is 1. The molecule has 2 fully saturated rings. The first-order valence-corrected chi connectivity index (χ1v) is 17.2. The average molecular weight is 663 g/mol. The van der Waals surface area contributed by atoms with Gasteiger partial charge in [0.2, 0.25) is 11.3 Å². The fourth-order valence-corrected chi connectivity index (χ4v) is 9.36. The zero-order valence-corrected chi connectivity index (χ0v) is 26.3. The predicted octanol–water partition coefficient (Wildman–Crippen LogP) is 2.03. The second kappa shape index (κ2) is 11.5. The number of hydrogen-bond donors (Lipinski definition) is 2. The number of nitrogens with zero attached hydrogens (tertiary/aromatic N) is 5. The fourth-order valence-electron chi connectivity index (χ4n) is 6.63. The molecule has 1 atom stereocenters. The maximum Gasteiger partial charge on any atom is 0.278 e.